The number of aromatic amines is 2. The molecule has 5 heterocycles. The Hall–Kier alpha value is -4.37. The van der Waals surface area contributed by atoms with Crippen LogP contribution in [0.25, 0.3) is 55.2 Å². The van der Waals surface area contributed by atoms with Gasteiger partial charge in [-0.15, -0.1) is 11.3 Å². The number of nitrogens with one attached hydrogen (secondary N) is 3. The van der Waals surface area contributed by atoms with Gasteiger partial charge in [0.1, 0.15) is 11.2 Å². The van der Waals surface area contributed by atoms with Crippen molar-refractivity contribution in [3.8, 4) is 33.1 Å². The van der Waals surface area contributed by atoms with Crippen LogP contribution in [0.1, 0.15) is 38.2 Å². The molecule has 7 rings (SSSR count). The van der Waals surface area contributed by atoms with Gasteiger partial charge in [0, 0.05) is 40.0 Å². The second-order valence-corrected chi connectivity index (χ2v) is 11.0. The van der Waals surface area contributed by atoms with Gasteiger partial charge in [0.2, 0.25) is 5.91 Å². The Balaban J connectivity index is 1.27. The van der Waals surface area contributed by atoms with Crippen molar-refractivity contribution in [2.75, 3.05) is 5.32 Å². The van der Waals surface area contributed by atoms with Crippen molar-refractivity contribution >= 4 is 45.0 Å². The van der Waals surface area contributed by atoms with Crippen LogP contribution in [0.5, 0.6) is 0 Å². The summed E-state index contributed by atoms with van der Waals surface area (Å²) in [7, 11) is 0. The van der Waals surface area contributed by atoms with E-state index in [4.69, 9.17) is 4.98 Å². The van der Waals surface area contributed by atoms with E-state index in [2.05, 4.69) is 67.0 Å². The highest BCUT2D eigenvalue weighted by Gasteiger charge is 2.23. The Bertz CT molecular complexity index is 1810. The zero-order valence-corrected chi connectivity index (χ0v) is 22.3. The third-order valence-corrected chi connectivity index (χ3v) is 8.46. The average Bonchev–Trinajstić information content (AvgIpc) is 3.78. The Morgan fingerprint density at radius 2 is 2.00 bits per heavy atom. The topological polar surface area (TPSA) is 112 Å². The molecule has 1 aliphatic carbocycles. The Morgan fingerprint density at radius 1 is 1.10 bits per heavy atom. The van der Waals surface area contributed by atoms with Crippen LogP contribution in [0.4, 0.5) is 5.69 Å². The molecule has 194 valence electrons. The lowest BCUT2D eigenvalue weighted by molar-refractivity contribution is -0.119. The van der Waals surface area contributed by atoms with E-state index in [1.165, 1.54) is 0 Å². The zero-order valence-electron chi connectivity index (χ0n) is 21.5. The molecule has 9 heteroatoms. The number of nitrogens with zero attached hydrogens (tertiary/aromatic N) is 4. The van der Waals surface area contributed by atoms with Gasteiger partial charge in [-0.3, -0.25) is 14.9 Å². The molecule has 5 aromatic heterocycles. The molecule has 1 aliphatic rings. The highest BCUT2D eigenvalue weighted by molar-refractivity contribution is 7.13. The predicted octanol–water partition coefficient (Wildman–Crippen LogP) is 6.98. The second-order valence-electron chi connectivity index (χ2n) is 10.1. The molecule has 1 saturated carbocycles. The summed E-state index contributed by atoms with van der Waals surface area (Å²) >= 11 is 1.66. The molecular weight excluding hydrogens is 506 g/mol. The first-order valence-electron chi connectivity index (χ1n) is 13.3. The number of hydrogen-bond donors (Lipinski definition) is 3. The van der Waals surface area contributed by atoms with E-state index in [9.17, 15) is 4.79 Å². The molecular formula is C30H27N7OS. The summed E-state index contributed by atoms with van der Waals surface area (Å²) in [4.78, 5) is 31.4. The molecule has 6 aromatic rings. The maximum absolute atomic E-state index is 12.8. The van der Waals surface area contributed by atoms with E-state index in [0.29, 0.717) is 11.5 Å². The van der Waals surface area contributed by atoms with Gasteiger partial charge in [0.15, 0.2) is 11.5 Å². The number of carbonyl (C=O) groups is 1. The Morgan fingerprint density at radius 3 is 2.82 bits per heavy atom. The van der Waals surface area contributed by atoms with Gasteiger partial charge in [-0.25, -0.2) is 9.97 Å². The first kappa shape index (κ1) is 23.7. The van der Waals surface area contributed by atoms with Gasteiger partial charge in [0.05, 0.1) is 17.1 Å². The van der Waals surface area contributed by atoms with Gasteiger partial charge >= 0.3 is 0 Å². The van der Waals surface area contributed by atoms with Crippen molar-refractivity contribution in [2.45, 2.75) is 39.0 Å². The first-order valence-corrected chi connectivity index (χ1v) is 14.2. The normalized spacial score (nSPS) is 14.0. The number of benzene rings is 1. The van der Waals surface area contributed by atoms with Crippen molar-refractivity contribution in [1.82, 2.24) is 30.1 Å². The predicted molar refractivity (Wildman–Crippen MR) is 155 cm³/mol. The van der Waals surface area contributed by atoms with Gasteiger partial charge in [0.25, 0.3) is 0 Å². The van der Waals surface area contributed by atoms with E-state index in [0.717, 1.165) is 87.0 Å². The highest BCUT2D eigenvalue weighted by atomic mass is 32.1. The van der Waals surface area contributed by atoms with Gasteiger partial charge in [-0.2, -0.15) is 5.10 Å². The fraction of sp³-hybridized carbons (Fsp3) is 0.233. The molecule has 0 aliphatic heterocycles. The number of fused-ring (bicyclic) bond motifs is 2. The molecule has 0 unspecified atom stereocenters. The van der Waals surface area contributed by atoms with Crippen LogP contribution in [-0.4, -0.2) is 36.0 Å². The summed E-state index contributed by atoms with van der Waals surface area (Å²) in [5, 5.41) is 13.7. The average molecular weight is 534 g/mol. The maximum atomic E-state index is 12.8. The molecule has 39 heavy (non-hydrogen) atoms. The number of aryl methyl sites for hydroxylation is 1. The molecule has 0 atom stereocenters. The standard InChI is InChI=1S/C30H27N7OS/c1-2-17-10-19(12-21(11-17)33-30(38)18-6-3-4-7-18)20-13-22-27(36-37-28(22)32-14-20)29-34-24-16-31-15-23(26(24)35-29)25-8-5-9-39-25/h5,8-16,18H,2-4,6-7H2,1H3,(H,33,38)(H,34,35)(H,32,36,37). The molecule has 3 N–H and O–H groups in total. The van der Waals surface area contributed by atoms with E-state index < -0.39 is 0 Å². The number of hydrogen-bond acceptors (Lipinski definition) is 6. The van der Waals surface area contributed by atoms with E-state index in [-0.39, 0.29) is 11.8 Å². The monoisotopic (exact) mass is 533 g/mol. The third-order valence-electron chi connectivity index (χ3n) is 7.56. The minimum Gasteiger partial charge on any atom is -0.335 e. The largest absolute Gasteiger partial charge is 0.335 e. The fourth-order valence-electron chi connectivity index (χ4n) is 5.47. The van der Waals surface area contributed by atoms with Crippen LogP contribution in [0, 0.1) is 5.92 Å². The number of anilines is 1. The number of imidazole rings is 1. The summed E-state index contributed by atoms with van der Waals surface area (Å²) < 4.78 is 0. The lowest BCUT2D eigenvalue weighted by Gasteiger charge is -2.13. The van der Waals surface area contributed by atoms with Crippen LogP contribution < -0.4 is 5.32 Å². The lowest BCUT2D eigenvalue weighted by Crippen LogP contribution is -2.20. The number of pyridine rings is 2. The van der Waals surface area contributed by atoms with Crippen molar-refractivity contribution in [3.63, 3.8) is 0 Å². The molecule has 1 fully saturated rings. The van der Waals surface area contributed by atoms with E-state index in [1.54, 1.807) is 17.5 Å². The van der Waals surface area contributed by atoms with Crippen LogP contribution in [-0.2, 0) is 11.2 Å². The second kappa shape index (κ2) is 9.74. The van der Waals surface area contributed by atoms with Gasteiger partial charge in [-0.05, 0) is 60.0 Å². The molecule has 0 bridgehead atoms. The SMILES string of the molecule is CCc1cc(NC(=O)C2CCCC2)cc(-c2cnc3n[nH]c(-c4nc5c(-c6cccs6)cncc5[nH]4)c3c2)c1. The minimum absolute atomic E-state index is 0.115. The molecule has 1 amide bonds. The van der Waals surface area contributed by atoms with Crippen LogP contribution >= 0.6 is 11.3 Å². The Labute approximate surface area is 228 Å². The van der Waals surface area contributed by atoms with Crippen molar-refractivity contribution in [1.29, 1.82) is 0 Å². The summed E-state index contributed by atoms with van der Waals surface area (Å²) in [5.41, 5.74) is 8.07. The van der Waals surface area contributed by atoms with E-state index in [1.807, 2.05) is 24.5 Å². The fourth-order valence-corrected chi connectivity index (χ4v) is 6.21. The molecule has 0 radical (unpaired) electrons. The molecule has 8 nitrogen and oxygen atoms in total. The van der Waals surface area contributed by atoms with Gasteiger partial charge < -0.3 is 10.3 Å². The van der Waals surface area contributed by atoms with Crippen molar-refractivity contribution in [3.05, 3.63) is 65.9 Å². The lowest BCUT2D eigenvalue weighted by atomic mass is 10.0. The Kier molecular flexibility index (Phi) is 5.93. The highest BCUT2D eigenvalue weighted by Crippen LogP contribution is 2.34. The number of rotatable bonds is 6. The summed E-state index contributed by atoms with van der Waals surface area (Å²) in [6.45, 7) is 2.12. The van der Waals surface area contributed by atoms with Crippen molar-refractivity contribution < 1.29 is 4.79 Å². The number of aromatic nitrogens is 6. The minimum atomic E-state index is 0.115. The van der Waals surface area contributed by atoms with Crippen LogP contribution in [0.15, 0.2) is 60.4 Å². The third kappa shape index (κ3) is 4.38. The molecule has 0 saturated heterocycles. The van der Waals surface area contributed by atoms with Crippen LogP contribution in [0.2, 0.25) is 0 Å². The number of H-pyrrole nitrogens is 2. The number of amides is 1. The number of thiophene rings is 1. The first-order chi connectivity index (χ1) is 19.2. The maximum Gasteiger partial charge on any atom is 0.227 e. The zero-order chi connectivity index (χ0) is 26.3. The van der Waals surface area contributed by atoms with E-state index >= 15 is 0 Å². The quantitative estimate of drug-likeness (QED) is 0.214. The molecule has 1 aromatic carbocycles. The smallest absolute Gasteiger partial charge is 0.227 e. The summed E-state index contributed by atoms with van der Waals surface area (Å²) in [6, 6.07) is 12.5. The van der Waals surface area contributed by atoms with Crippen LogP contribution in [0.3, 0.4) is 0 Å². The van der Waals surface area contributed by atoms with Gasteiger partial charge in [-0.1, -0.05) is 31.9 Å². The summed E-state index contributed by atoms with van der Waals surface area (Å²) in [5.74, 6) is 0.923. The van der Waals surface area contributed by atoms with Crippen molar-refractivity contribution in [2.24, 2.45) is 5.92 Å². The number of carbonyl (C=O) groups excluding carboxylic acids is 1. The molecule has 0 spiro atoms. The summed E-state index contributed by atoms with van der Waals surface area (Å²) in [6.07, 6.45) is 10.6.